The smallest absolute Gasteiger partial charge is 0.239 e. The van der Waals surface area contributed by atoms with Crippen LogP contribution in [0, 0.1) is 6.92 Å². The van der Waals surface area contributed by atoms with Crippen LogP contribution in [0.15, 0.2) is 51.8 Å². The minimum absolute atomic E-state index is 0.0298. The van der Waals surface area contributed by atoms with Crippen molar-refractivity contribution in [3.05, 3.63) is 64.4 Å². The molecular formula is C16H12ClNO4S. The van der Waals surface area contributed by atoms with Gasteiger partial charge in [-0.15, -0.1) is 0 Å². The van der Waals surface area contributed by atoms with Crippen molar-refractivity contribution in [1.82, 2.24) is 0 Å². The summed E-state index contributed by atoms with van der Waals surface area (Å²) >= 11 is 5.85. The van der Waals surface area contributed by atoms with Crippen LogP contribution in [0.4, 0.5) is 0 Å². The third-order valence-corrected chi connectivity index (χ3v) is 4.89. The molecule has 3 aromatic rings. The first-order valence-corrected chi connectivity index (χ1v) is 8.56. The van der Waals surface area contributed by atoms with Gasteiger partial charge in [-0.3, -0.25) is 4.79 Å². The summed E-state index contributed by atoms with van der Waals surface area (Å²) in [6, 6.07) is 11.1. The zero-order valence-electron chi connectivity index (χ0n) is 12.0. The highest BCUT2D eigenvalue weighted by Crippen LogP contribution is 2.29. The second-order valence-corrected chi connectivity index (χ2v) is 6.99. The maximum Gasteiger partial charge on any atom is 0.239 e. The van der Waals surface area contributed by atoms with E-state index in [2.05, 4.69) is 0 Å². The quantitative estimate of drug-likeness (QED) is 0.735. The third-order valence-electron chi connectivity index (χ3n) is 3.50. The summed E-state index contributed by atoms with van der Waals surface area (Å²) in [5.74, 6) is 0.109. The molecule has 1 heterocycles. The number of halogens is 1. The van der Waals surface area contributed by atoms with Crippen LogP contribution in [0.1, 0.15) is 21.7 Å². The number of furan rings is 1. The Morgan fingerprint density at radius 3 is 2.57 bits per heavy atom. The van der Waals surface area contributed by atoms with Crippen molar-refractivity contribution < 1.29 is 17.6 Å². The number of nitrogens with two attached hydrogens (primary N) is 1. The maximum atomic E-state index is 12.8. The largest absolute Gasteiger partial charge is 0.461 e. The van der Waals surface area contributed by atoms with E-state index >= 15 is 0 Å². The summed E-state index contributed by atoms with van der Waals surface area (Å²) in [5.41, 5.74) is 1.16. The van der Waals surface area contributed by atoms with Crippen LogP contribution in [-0.2, 0) is 10.0 Å². The minimum atomic E-state index is -4.02. The van der Waals surface area contributed by atoms with Crippen molar-refractivity contribution in [1.29, 1.82) is 0 Å². The van der Waals surface area contributed by atoms with Gasteiger partial charge in [-0.2, -0.15) is 0 Å². The lowest BCUT2D eigenvalue weighted by atomic mass is 10.0. The number of hydrogen-bond acceptors (Lipinski definition) is 4. The number of fused-ring (bicyclic) bond motifs is 1. The molecule has 0 fully saturated rings. The minimum Gasteiger partial charge on any atom is -0.461 e. The molecule has 0 aliphatic carbocycles. The normalized spacial score (nSPS) is 11.8. The molecule has 0 atom stereocenters. The molecule has 0 spiro atoms. The summed E-state index contributed by atoms with van der Waals surface area (Å²) in [7, 11) is -4.02. The van der Waals surface area contributed by atoms with Crippen molar-refractivity contribution in [2.45, 2.75) is 11.8 Å². The summed E-state index contributed by atoms with van der Waals surface area (Å²) in [4.78, 5) is 12.5. The summed E-state index contributed by atoms with van der Waals surface area (Å²) < 4.78 is 28.7. The lowest BCUT2D eigenvalue weighted by molar-refractivity contribution is 0.103. The van der Waals surface area contributed by atoms with Gasteiger partial charge in [-0.1, -0.05) is 29.8 Å². The molecule has 1 aromatic heterocycles. The lowest BCUT2D eigenvalue weighted by Crippen LogP contribution is -2.14. The van der Waals surface area contributed by atoms with Gasteiger partial charge in [0.05, 0.1) is 10.6 Å². The molecule has 5 nitrogen and oxygen atoms in total. The van der Waals surface area contributed by atoms with Crippen LogP contribution in [0.2, 0.25) is 5.02 Å². The number of carbonyl (C=O) groups is 1. The molecular weight excluding hydrogens is 338 g/mol. The second kappa shape index (κ2) is 5.49. The number of para-hydroxylation sites is 1. The van der Waals surface area contributed by atoms with E-state index in [1.54, 1.807) is 31.2 Å². The van der Waals surface area contributed by atoms with Crippen LogP contribution in [0.25, 0.3) is 11.0 Å². The van der Waals surface area contributed by atoms with E-state index < -0.39 is 10.0 Å². The van der Waals surface area contributed by atoms with Crippen LogP contribution in [0.5, 0.6) is 0 Å². The van der Waals surface area contributed by atoms with Gasteiger partial charge in [-0.05, 0) is 31.2 Å². The number of hydrogen-bond donors (Lipinski definition) is 1. The molecule has 0 amide bonds. The van der Waals surface area contributed by atoms with Gasteiger partial charge in [0.25, 0.3) is 0 Å². The van der Waals surface area contributed by atoms with E-state index in [-0.39, 0.29) is 21.3 Å². The highest BCUT2D eigenvalue weighted by molar-refractivity contribution is 7.89. The van der Waals surface area contributed by atoms with Crippen molar-refractivity contribution in [2.24, 2.45) is 5.14 Å². The molecule has 3 rings (SSSR count). The van der Waals surface area contributed by atoms with Crippen LogP contribution in [0.3, 0.4) is 0 Å². The van der Waals surface area contributed by atoms with E-state index in [4.69, 9.17) is 21.2 Å². The number of benzene rings is 2. The van der Waals surface area contributed by atoms with Crippen molar-refractivity contribution >= 4 is 38.4 Å². The summed E-state index contributed by atoms with van der Waals surface area (Å²) in [5, 5.41) is 5.76. The first-order chi connectivity index (χ1) is 10.8. The number of aryl methyl sites for hydroxylation is 1. The van der Waals surface area contributed by atoms with Gasteiger partial charge in [0.2, 0.25) is 10.0 Å². The fourth-order valence-electron chi connectivity index (χ4n) is 2.46. The van der Waals surface area contributed by atoms with Crippen LogP contribution >= 0.6 is 11.6 Å². The zero-order valence-corrected chi connectivity index (χ0v) is 13.6. The number of rotatable bonds is 3. The fourth-order valence-corrected chi connectivity index (χ4v) is 3.53. The van der Waals surface area contributed by atoms with E-state index in [1.807, 2.05) is 0 Å². The Balaban J connectivity index is 2.19. The van der Waals surface area contributed by atoms with Gasteiger partial charge in [0.15, 0.2) is 5.78 Å². The molecule has 118 valence electrons. The number of primary sulfonamides is 1. The van der Waals surface area contributed by atoms with Crippen LogP contribution in [-0.4, -0.2) is 14.2 Å². The highest BCUT2D eigenvalue weighted by Gasteiger charge is 2.22. The molecule has 0 saturated heterocycles. The Morgan fingerprint density at radius 2 is 1.87 bits per heavy atom. The molecule has 0 saturated carbocycles. The predicted molar refractivity (Wildman–Crippen MR) is 87.2 cm³/mol. The highest BCUT2D eigenvalue weighted by atomic mass is 35.5. The van der Waals surface area contributed by atoms with Crippen molar-refractivity contribution in [2.75, 3.05) is 0 Å². The third kappa shape index (κ3) is 2.76. The van der Waals surface area contributed by atoms with Gasteiger partial charge in [0.1, 0.15) is 16.2 Å². The molecule has 0 unspecified atom stereocenters. The molecule has 23 heavy (non-hydrogen) atoms. The molecule has 0 bridgehead atoms. The number of carbonyl (C=O) groups excluding carboxylic acids is 1. The van der Waals surface area contributed by atoms with E-state index in [1.165, 1.54) is 18.2 Å². The average Bonchev–Trinajstić information content (AvgIpc) is 2.81. The standard InChI is InChI=1S/C16H12ClNO4S/c1-9-15(11-4-2-3-5-13(11)22-9)16(19)10-6-7-12(17)14(8-10)23(18,20)21/h2-8H,1H3,(H2,18,20,21). The Morgan fingerprint density at radius 1 is 1.17 bits per heavy atom. The molecule has 0 aliphatic heterocycles. The monoisotopic (exact) mass is 349 g/mol. The molecule has 2 N–H and O–H groups in total. The molecule has 0 aliphatic rings. The van der Waals surface area contributed by atoms with Gasteiger partial charge in [0, 0.05) is 10.9 Å². The average molecular weight is 350 g/mol. The SMILES string of the molecule is Cc1oc2ccccc2c1C(=O)c1ccc(Cl)c(S(N)(=O)=O)c1. The van der Waals surface area contributed by atoms with E-state index in [0.717, 1.165) is 0 Å². The van der Waals surface area contributed by atoms with Crippen LogP contribution < -0.4 is 5.14 Å². The van der Waals surface area contributed by atoms with Gasteiger partial charge < -0.3 is 4.42 Å². The van der Waals surface area contributed by atoms with E-state index in [9.17, 15) is 13.2 Å². The lowest BCUT2D eigenvalue weighted by Gasteiger charge is -2.05. The Bertz CT molecular complexity index is 1040. The number of ketones is 1. The second-order valence-electron chi connectivity index (χ2n) is 5.05. The zero-order chi connectivity index (χ0) is 16.8. The molecule has 2 aromatic carbocycles. The topological polar surface area (TPSA) is 90.4 Å². The maximum absolute atomic E-state index is 12.8. The Kier molecular flexibility index (Phi) is 3.75. The first-order valence-electron chi connectivity index (χ1n) is 6.64. The Labute approximate surface area is 137 Å². The van der Waals surface area contributed by atoms with Crippen molar-refractivity contribution in [3.8, 4) is 0 Å². The fraction of sp³-hybridized carbons (Fsp3) is 0.0625. The molecule has 0 radical (unpaired) electrons. The first kappa shape index (κ1) is 15.7. The summed E-state index contributed by atoms with van der Waals surface area (Å²) in [6.45, 7) is 1.68. The van der Waals surface area contributed by atoms with Crippen molar-refractivity contribution in [3.63, 3.8) is 0 Å². The van der Waals surface area contributed by atoms with Gasteiger partial charge in [-0.25, -0.2) is 13.6 Å². The van der Waals surface area contributed by atoms with Gasteiger partial charge >= 0.3 is 0 Å². The molecule has 7 heteroatoms. The van der Waals surface area contributed by atoms with E-state index in [0.29, 0.717) is 22.3 Å². The number of sulfonamides is 1. The summed E-state index contributed by atoms with van der Waals surface area (Å²) in [6.07, 6.45) is 0. The Hall–Kier alpha value is -2.15. The predicted octanol–water partition coefficient (Wildman–Crippen LogP) is 3.27.